The molecule has 0 unspecified atom stereocenters. The first-order chi connectivity index (χ1) is 10.3. The average molecular weight is 325 g/mol. The Kier molecular flexibility index (Phi) is 4.08. The molecule has 22 heavy (non-hydrogen) atoms. The molecule has 1 aromatic carbocycles. The SMILES string of the molecule is COc1nc(N)cc(NS(=O)(=O)c2ccc([N+](=O)[O-])cc2)n1. The minimum atomic E-state index is -3.97. The number of nitrogens with zero attached hydrogens (tertiary/aromatic N) is 3. The summed E-state index contributed by atoms with van der Waals surface area (Å²) in [4.78, 5) is 17.3. The first-order valence-corrected chi connectivity index (χ1v) is 7.26. The minimum Gasteiger partial charge on any atom is -0.467 e. The number of benzene rings is 1. The number of sulfonamides is 1. The topological polar surface area (TPSA) is 150 Å². The zero-order chi connectivity index (χ0) is 16.3. The zero-order valence-corrected chi connectivity index (χ0v) is 12.1. The minimum absolute atomic E-state index is 0.0215. The molecule has 0 aliphatic carbocycles. The van der Waals surface area contributed by atoms with Gasteiger partial charge in [0.2, 0.25) is 0 Å². The Hall–Kier alpha value is -2.95. The van der Waals surface area contributed by atoms with Crippen LogP contribution in [0.1, 0.15) is 0 Å². The number of aromatic nitrogens is 2. The number of anilines is 2. The Morgan fingerprint density at radius 3 is 2.45 bits per heavy atom. The molecule has 11 heteroatoms. The summed E-state index contributed by atoms with van der Waals surface area (Å²) in [6.45, 7) is 0. The fourth-order valence-electron chi connectivity index (χ4n) is 1.53. The lowest BCUT2D eigenvalue weighted by Gasteiger charge is -2.08. The highest BCUT2D eigenvalue weighted by atomic mass is 32.2. The number of hydrogen-bond donors (Lipinski definition) is 2. The van der Waals surface area contributed by atoms with E-state index in [2.05, 4.69) is 14.7 Å². The van der Waals surface area contributed by atoms with Crippen LogP contribution in [-0.2, 0) is 10.0 Å². The van der Waals surface area contributed by atoms with Crippen LogP contribution in [0.15, 0.2) is 35.2 Å². The second kappa shape index (κ2) is 5.81. The van der Waals surface area contributed by atoms with Crippen molar-refractivity contribution in [3.8, 4) is 6.01 Å². The van der Waals surface area contributed by atoms with Crippen LogP contribution in [0.4, 0.5) is 17.3 Å². The van der Waals surface area contributed by atoms with Gasteiger partial charge in [-0.1, -0.05) is 0 Å². The van der Waals surface area contributed by atoms with Crippen molar-refractivity contribution in [3.05, 3.63) is 40.4 Å². The predicted molar refractivity (Wildman–Crippen MR) is 76.9 cm³/mol. The van der Waals surface area contributed by atoms with E-state index in [0.717, 1.165) is 24.3 Å². The van der Waals surface area contributed by atoms with E-state index in [0.29, 0.717) is 0 Å². The van der Waals surface area contributed by atoms with E-state index in [1.165, 1.54) is 13.2 Å². The molecule has 1 aromatic heterocycles. The number of nitro benzene ring substituents is 1. The van der Waals surface area contributed by atoms with Gasteiger partial charge in [-0.15, -0.1) is 0 Å². The Morgan fingerprint density at radius 1 is 1.27 bits per heavy atom. The number of nitrogens with one attached hydrogen (secondary N) is 1. The van der Waals surface area contributed by atoms with Gasteiger partial charge in [0.1, 0.15) is 11.6 Å². The number of nitrogens with two attached hydrogens (primary N) is 1. The van der Waals surface area contributed by atoms with Crippen LogP contribution < -0.4 is 15.2 Å². The highest BCUT2D eigenvalue weighted by Crippen LogP contribution is 2.20. The van der Waals surface area contributed by atoms with Gasteiger partial charge in [0.05, 0.1) is 16.9 Å². The van der Waals surface area contributed by atoms with E-state index in [1.54, 1.807) is 0 Å². The normalized spacial score (nSPS) is 11.0. The van der Waals surface area contributed by atoms with Gasteiger partial charge in [0.15, 0.2) is 0 Å². The van der Waals surface area contributed by atoms with E-state index in [1.807, 2.05) is 0 Å². The van der Waals surface area contributed by atoms with Crippen molar-refractivity contribution >= 4 is 27.3 Å². The van der Waals surface area contributed by atoms with Crippen molar-refractivity contribution in [2.24, 2.45) is 0 Å². The average Bonchev–Trinajstić information content (AvgIpc) is 2.46. The van der Waals surface area contributed by atoms with Gasteiger partial charge < -0.3 is 10.5 Å². The molecule has 2 aromatic rings. The van der Waals surface area contributed by atoms with Crippen molar-refractivity contribution in [1.82, 2.24) is 9.97 Å². The summed E-state index contributed by atoms with van der Waals surface area (Å²) in [5.41, 5.74) is 5.29. The first-order valence-electron chi connectivity index (χ1n) is 5.77. The van der Waals surface area contributed by atoms with Crippen LogP contribution in [-0.4, -0.2) is 30.4 Å². The molecule has 116 valence electrons. The molecule has 2 rings (SSSR count). The second-order valence-corrected chi connectivity index (χ2v) is 5.70. The summed E-state index contributed by atoms with van der Waals surface area (Å²) >= 11 is 0. The van der Waals surface area contributed by atoms with Gasteiger partial charge in [0.25, 0.3) is 15.7 Å². The van der Waals surface area contributed by atoms with Gasteiger partial charge in [-0.3, -0.25) is 14.8 Å². The molecule has 1 heterocycles. The third-order valence-corrected chi connectivity index (χ3v) is 3.88. The summed E-state index contributed by atoms with van der Waals surface area (Å²) in [6, 6.07) is 5.52. The molecule has 0 amide bonds. The molecule has 0 bridgehead atoms. The van der Waals surface area contributed by atoms with Crippen LogP contribution in [0.2, 0.25) is 0 Å². The summed E-state index contributed by atoms with van der Waals surface area (Å²) in [7, 11) is -2.66. The van der Waals surface area contributed by atoms with E-state index in [-0.39, 0.29) is 28.2 Å². The Bertz CT molecular complexity index is 806. The standard InChI is InChI=1S/C11H11N5O5S/c1-21-11-13-9(12)6-10(14-11)15-22(19,20)8-4-2-7(3-5-8)16(17)18/h2-6H,1H3,(H3,12,13,14,15). The monoisotopic (exact) mass is 325 g/mol. The highest BCUT2D eigenvalue weighted by Gasteiger charge is 2.17. The molecular formula is C11H11N5O5S. The van der Waals surface area contributed by atoms with Crippen LogP contribution in [0.25, 0.3) is 0 Å². The van der Waals surface area contributed by atoms with E-state index in [9.17, 15) is 18.5 Å². The quantitative estimate of drug-likeness (QED) is 0.604. The summed E-state index contributed by atoms with van der Waals surface area (Å²) in [6.07, 6.45) is 0. The fourth-order valence-corrected chi connectivity index (χ4v) is 2.52. The smallest absolute Gasteiger partial charge is 0.320 e. The van der Waals surface area contributed by atoms with Crippen LogP contribution in [0, 0.1) is 10.1 Å². The van der Waals surface area contributed by atoms with Crippen LogP contribution in [0.3, 0.4) is 0 Å². The Morgan fingerprint density at radius 2 is 1.91 bits per heavy atom. The lowest BCUT2D eigenvalue weighted by Crippen LogP contribution is -2.14. The predicted octanol–water partition coefficient (Wildman–Crippen LogP) is 0.776. The molecule has 0 spiro atoms. The van der Waals surface area contributed by atoms with Crippen molar-refractivity contribution in [2.45, 2.75) is 4.90 Å². The molecule has 0 aliphatic rings. The zero-order valence-electron chi connectivity index (χ0n) is 11.3. The number of rotatable bonds is 5. The molecule has 0 aliphatic heterocycles. The Balaban J connectivity index is 2.31. The summed E-state index contributed by atoms with van der Waals surface area (Å²) in [5.74, 6) is -0.0593. The maximum Gasteiger partial charge on any atom is 0.320 e. The number of methoxy groups -OCH3 is 1. The Labute approximate surface area is 125 Å². The fraction of sp³-hybridized carbons (Fsp3) is 0.0909. The number of hydrogen-bond acceptors (Lipinski definition) is 8. The van der Waals surface area contributed by atoms with Gasteiger partial charge in [-0.2, -0.15) is 9.97 Å². The van der Waals surface area contributed by atoms with Gasteiger partial charge >= 0.3 is 6.01 Å². The lowest BCUT2D eigenvalue weighted by atomic mass is 10.3. The van der Waals surface area contributed by atoms with E-state index in [4.69, 9.17) is 10.5 Å². The molecule has 0 saturated heterocycles. The van der Waals surface area contributed by atoms with Crippen molar-refractivity contribution in [2.75, 3.05) is 17.6 Å². The van der Waals surface area contributed by atoms with Gasteiger partial charge in [0, 0.05) is 18.2 Å². The molecule has 0 saturated carbocycles. The first kappa shape index (κ1) is 15.4. The molecule has 3 N–H and O–H groups in total. The van der Waals surface area contributed by atoms with Gasteiger partial charge in [-0.25, -0.2) is 8.42 Å². The van der Waals surface area contributed by atoms with E-state index >= 15 is 0 Å². The van der Waals surface area contributed by atoms with Crippen LogP contribution >= 0.6 is 0 Å². The lowest BCUT2D eigenvalue weighted by molar-refractivity contribution is -0.384. The van der Waals surface area contributed by atoms with Crippen molar-refractivity contribution < 1.29 is 18.1 Å². The number of nitrogen functional groups attached to an aromatic ring is 1. The van der Waals surface area contributed by atoms with Crippen molar-refractivity contribution in [1.29, 1.82) is 0 Å². The third-order valence-electron chi connectivity index (χ3n) is 2.50. The number of non-ortho nitro benzene ring substituents is 1. The van der Waals surface area contributed by atoms with Crippen molar-refractivity contribution in [3.63, 3.8) is 0 Å². The summed E-state index contributed by atoms with van der Waals surface area (Å²) in [5, 5.41) is 10.6. The maximum absolute atomic E-state index is 12.2. The summed E-state index contributed by atoms with van der Waals surface area (Å²) < 4.78 is 31.3. The second-order valence-electron chi connectivity index (χ2n) is 4.02. The van der Waals surface area contributed by atoms with E-state index < -0.39 is 14.9 Å². The molecule has 0 fully saturated rings. The molecule has 0 radical (unpaired) electrons. The highest BCUT2D eigenvalue weighted by molar-refractivity contribution is 7.92. The third kappa shape index (κ3) is 3.38. The largest absolute Gasteiger partial charge is 0.467 e. The maximum atomic E-state index is 12.2. The molecule has 10 nitrogen and oxygen atoms in total. The number of ether oxygens (including phenoxy) is 1. The van der Waals surface area contributed by atoms with Crippen LogP contribution in [0.5, 0.6) is 6.01 Å². The number of nitro groups is 1. The molecular weight excluding hydrogens is 314 g/mol. The van der Waals surface area contributed by atoms with Gasteiger partial charge in [-0.05, 0) is 12.1 Å². The molecule has 0 atom stereocenters.